The van der Waals surface area contributed by atoms with Gasteiger partial charge in [-0.3, -0.25) is 9.97 Å². The summed E-state index contributed by atoms with van der Waals surface area (Å²) >= 11 is 2.08. The molecule has 1 rings (SSSR count). The van der Waals surface area contributed by atoms with Crippen molar-refractivity contribution in [3.63, 3.8) is 0 Å². The van der Waals surface area contributed by atoms with Gasteiger partial charge in [0.1, 0.15) is 5.82 Å². The Kier molecular flexibility index (Phi) is 2.27. The van der Waals surface area contributed by atoms with Crippen LogP contribution in [0.25, 0.3) is 0 Å². The smallest absolute Gasteiger partial charge is 0.258 e. The highest BCUT2D eigenvalue weighted by Crippen LogP contribution is 1.73. The first kappa shape index (κ1) is 7.25. The molecule has 1 aromatic heterocycles. The summed E-state index contributed by atoms with van der Waals surface area (Å²) < 4.78 is 2.43. The van der Waals surface area contributed by atoms with E-state index in [0.717, 1.165) is 38.4 Å². The fraction of sp³-hybridized carbons (Fsp3) is 0.200. The molecule has 0 bridgehead atoms. The van der Waals surface area contributed by atoms with Gasteiger partial charge >= 0.3 is 0 Å². The van der Waals surface area contributed by atoms with E-state index in [0.29, 0.717) is 0 Å². The maximum atomic E-state index is 4.21. The first-order chi connectivity index (χ1) is 4.18. The Morgan fingerprint density at radius 2 is 1.67 bits per heavy atom. The third kappa shape index (κ3) is 2.09. The molecule has 0 unspecified atom stereocenters. The molecule has 0 spiro atoms. The highest BCUT2D eigenvalue weighted by Gasteiger charge is 1.90. The molecule has 0 aliphatic carbocycles. The molecule has 0 amide bonds. The van der Waals surface area contributed by atoms with Crippen molar-refractivity contribution in [2.75, 3.05) is 0 Å². The maximum absolute atomic E-state index is 4.21. The van der Waals surface area contributed by atoms with Gasteiger partial charge in [0, 0.05) is 0 Å². The lowest BCUT2D eigenvalue weighted by Gasteiger charge is -1.96. The molecule has 0 aliphatic heterocycles. The van der Waals surface area contributed by atoms with Crippen LogP contribution < -0.4 is 9.11 Å². The minimum absolute atomic E-state index is 0.924. The van der Waals surface area contributed by atoms with E-state index >= 15 is 0 Å². The van der Waals surface area contributed by atoms with E-state index in [9.17, 15) is 0 Å². The summed E-state index contributed by atoms with van der Waals surface area (Å²) in [5.74, 6) is 0.924. The van der Waals surface area contributed by atoms with Gasteiger partial charge in [-0.1, -0.05) is 6.07 Å². The minimum atomic E-state index is 0.924. The molecule has 0 N–H and O–H groups in total. The highest BCUT2D eigenvalue weighted by molar-refractivity contribution is 6.35. The van der Waals surface area contributed by atoms with Gasteiger partial charge in [-0.15, -0.1) is 0 Å². The summed E-state index contributed by atoms with van der Waals surface area (Å²) in [6.45, 7) is 1.95. The van der Waals surface area contributed by atoms with Crippen molar-refractivity contribution in [3.05, 3.63) is 11.9 Å². The van der Waals surface area contributed by atoms with E-state index in [1.165, 1.54) is 9.11 Å². The molecule has 0 saturated heterocycles. The molecule has 0 aliphatic rings. The van der Waals surface area contributed by atoms with Crippen LogP contribution in [0.2, 0.25) is 0 Å². The van der Waals surface area contributed by atoms with E-state index in [1.54, 1.807) is 0 Å². The molecular weight excluding hydrogens is 142 g/mol. The highest BCUT2D eigenvalue weighted by atomic mass is 27.1. The summed E-state index contributed by atoms with van der Waals surface area (Å²) in [5, 5.41) is 0. The zero-order valence-electron chi connectivity index (χ0n) is 5.97. The largest absolute Gasteiger partial charge is 0.290 e. The molecule has 0 fully saturated rings. The van der Waals surface area contributed by atoms with Gasteiger partial charge < -0.3 is 0 Å². The Morgan fingerprint density at radius 3 is 2.00 bits per heavy atom. The van der Waals surface area contributed by atoms with E-state index in [2.05, 4.69) is 16.0 Å². The summed E-state index contributed by atoms with van der Waals surface area (Å²) in [7, 11) is 0. The molecule has 2 nitrogen and oxygen atoms in total. The van der Waals surface area contributed by atoms with Crippen molar-refractivity contribution in [1.29, 1.82) is 0 Å². The second-order valence-corrected chi connectivity index (χ2v) is 4.25. The van der Waals surface area contributed by atoms with Crippen LogP contribution in [0.3, 0.4) is 0 Å². The second kappa shape index (κ2) is 2.82. The molecule has 4 heteroatoms. The van der Waals surface area contributed by atoms with Crippen molar-refractivity contribution < 1.29 is 0 Å². The van der Waals surface area contributed by atoms with Gasteiger partial charge in [0.2, 0.25) is 0 Å². The maximum Gasteiger partial charge on any atom is 0.290 e. The number of hydrogen-bond donors (Lipinski definition) is 0. The van der Waals surface area contributed by atoms with Crippen molar-refractivity contribution in [2.45, 2.75) is 6.92 Å². The Balaban J connectivity index is 3.17. The van der Waals surface area contributed by atoms with Gasteiger partial charge in [-0.2, -0.15) is 0 Å². The first-order valence-corrected chi connectivity index (χ1v) is 4.97. The van der Waals surface area contributed by atoms with Gasteiger partial charge in [0.15, 0.2) is 0 Å². The Labute approximate surface area is 70.6 Å². The molecule has 9 heavy (non-hydrogen) atoms. The first-order valence-electron chi connectivity index (χ1n) is 2.97. The average molecular weight is 150 g/mol. The average Bonchev–Trinajstić information content (AvgIpc) is 1.59. The van der Waals surface area contributed by atoms with E-state index < -0.39 is 0 Å². The zero-order valence-corrected chi connectivity index (χ0v) is 9.97. The molecule has 0 saturated carbocycles. The number of rotatable bonds is 0. The normalized spacial score (nSPS) is 9.44. The van der Waals surface area contributed by atoms with Crippen LogP contribution in [0, 0.1) is 6.92 Å². The third-order valence-corrected chi connectivity index (χ3v) is 2.12. The van der Waals surface area contributed by atoms with E-state index in [-0.39, 0.29) is 0 Å². The van der Waals surface area contributed by atoms with Crippen LogP contribution in [-0.4, -0.2) is 42.5 Å². The predicted octanol–water partition coefficient (Wildman–Crippen LogP) is -2.70. The van der Waals surface area contributed by atoms with Gasteiger partial charge in [-0.05, 0) is 16.0 Å². The van der Waals surface area contributed by atoms with Crippen LogP contribution in [0.1, 0.15) is 5.82 Å². The number of aromatic nitrogens is 2. The Morgan fingerprint density at radius 1 is 1.22 bits per heavy atom. The van der Waals surface area contributed by atoms with Crippen molar-refractivity contribution in [1.82, 2.24) is 9.97 Å². The SMILES string of the molecule is Cc1n[c]([AlH2])c[c]([AlH2])n1. The van der Waals surface area contributed by atoms with Crippen LogP contribution in [0.4, 0.5) is 0 Å². The van der Waals surface area contributed by atoms with Crippen molar-refractivity contribution in [2.24, 2.45) is 0 Å². The summed E-state index contributed by atoms with van der Waals surface area (Å²) in [6.07, 6.45) is 0. The molecule has 0 aromatic carbocycles. The third-order valence-electron chi connectivity index (χ3n) is 1.09. The Hall–Kier alpha value is 0.145. The fourth-order valence-corrected chi connectivity index (χ4v) is 2.96. The van der Waals surface area contributed by atoms with Crippen LogP contribution in [-0.2, 0) is 0 Å². The lowest BCUT2D eigenvalue weighted by molar-refractivity contribution is 1.10. The summed E-state index contributed by atoms with van der Waals surface area (Å²) in [5.41, 5.74) is 0. The molecule has 1 heterocycles. The lowest BCUT2D eigenvalue weighted by Crippen LogP contribution is -2.21. The predicted molar refractivity (Wildman–Crippen MR) is 43.1 cm³/mol. The fourth-order valence-electron chi connectivity index (χ4n) is 0.902. The molecule has 44 valence electrons. The second-order valence-electron chi connectivity index (χ2n) is 2.20. The van der Waals surface area contributed by atoms with Crippen LogP contribution >= 0.6 is 0 Å². The number of nitrogens with zero attached hydrogens (tertiary/aromatic N) is 2. The van der Waals surface area contributed by atoms with Gasteiger partial charge in [-0.25, -0.2) is 0 Å². The van der Waals surface area contributed by atoms with Gasteiger partial charge in [0.05, 0.1) is 0 Å². The van der Waals surface area contributed by atoms with Crippen LogP contribution in [0.5, 0.6) is 0 Å². The standard InChI is InChI=1S/C5H4N2.2Al.4H/c1-5-6-3-2-4-7-5;;;;;;/h2H,1H3;;;;;;. The van der Waals surface area contributed by atoms with Crippen molar-refractivity contribution >= 4 is 41.7 Å². The molecule has 1 aromatic rings. The minimum Gasteiger partial charge on any atom is -0.258 e. The topological polar surface area (TPSA) is 25.8 Å². The van der Waals surface area contributed by atoms with Crippen molar-refractivity contribution in [3.8, 4) is 0 Å². The molecule has 0 radical (unpaired) electrons. The van der Waals surface area contributed by atoms with E-state index in [4.69, 9.17) is 0 Å². The van der Waals surface area contributed by atoms with E-state index in [1.807, 2.05) is 6.92 Å². The summed E-state index contributed by atoms with van der Waals surface area (Å²) in [6, 6.07) is 2.09. The van der Waals surface area contributed by atoms with Crippen LogP contribution in [0.15, 0.2) is 6.07 Å². The lowest BCUT2D eigenvalue weighted by atomic mass is 10.6. The van der Waals surface area contributed by atoms with Gasteiger partial charge in [0.25, 0.3) is 32.6 Å². The zero-order chi connectivity index (χ0) is 6.85. The quantitative estimate of drug-likeness (QED) is 0.376. The molecule has 0 atom stereocenters. The number of hydrogen-bond acceptors (Lipinski definition) is 2. The Bertz CT molecular complexity index is 174. The number of aryl methyl sites for hydroxylation is 1. The summed E-state index contributed by atoms with van der Waals surface area (Å²) in [4.78, 5) is 8.41. The molecular formula is C5H8Al2N2. The monoisotopic (exact) mass is 150 g/mol.